The molecule has 7 heteroatoms. The van der Waals surface area contributed by atoms with E-state index in [1.54, 1.807) is 11.3 Å². The molecule has 2 fully saturated rings. The van der Waals surface area contributed by atoms with Crippen molar-refractivity contribution in [3.05, 3.63) is 27.9 Å². The Kier molecular flexibility index (Phi) is 5.45. The summed E-state index contributed by atoms with van der Waals surface area (Å²) >= 11 is 3.18. The zero-order valence-corrected chi connectivity index (χ0v) is 15.8. The number of likely N-dealkylation sites (tertiary alicyclic amines) is 1. The van der Waals surface area contributed by atoms with Crippen LogP contribution >= 0.6 is 22.7 Å². The lowest BCUT2D eigenvalue weighted by Crippen LogP contribution is -2.45. The fraction of sp³-hybridized carbons (Fsp3) is 0.556. The number of nitrogens with zero attached hydrogens (tertiary/aromatic N) is 2. The van der Waals surface area contributed by atoms with Crippen molar-refractivity contribution < 1.29 is 9.53 Å². The first-order chi connectivity index (χ1) is 12.3. The highest BCUT2D eigenvalue weighted by molar-refractivity contribution is 7.14. The molecule has 4 heterocycles. The molecule has 0 saturated carbocycles. The number of thiazole rings is 1. The van der Waals surface area contributed by atoms with Crippen LogP contribution in [0.25, 0.3) is 10.6 Å². The molecular formula is C18H23N3O2S2. The fourth-order valence-corrected chi connectivity index (χ4v) is 5.02. The summed E-state index contributed by atoms with van der Waals surface area (Å²) in [6, 6.07) is 2.30. The summed E-state index contributed by atoms with van der Waals surface area (Å²) in [4.78, 5) is 19.5. The van der Waals surface area contributed by atoms with Crippen molar-refractivity contribution in [2.45, 2.75) is 25.3 Å². The molecular weight excluding hydrogens is 354 g/mol. The molecule has 2 aliphatic heterocycles. The highest BCUT2D eigenvalue weighted by Crippen LogP contribution is 2.26. The lowest BCUT2D eigenvalue weighted by atomic mass is 10.0. The minimum absolute atomic E-state index is 0.0413. The molecule has 2 aromatic rings. The fourth-order valence-electron chi connectivity index (χ4n) is 3.51. The summed E-state index contributed by atoms with van der Waals surface area (Å²) in [5.74, 6) is 0.650. The Morgan fingerprint density at radius 1 is 1.32 bits per heavy atom. The summed E-state index contributed by atoms with van der Waals surface area (Å²) < 4.78 is 5.46. The molecule has 1 unspecified atom stereocenters. The molecule has 0 radical (unpaired) electrons. The maximum atomic E-state index is 12.5. The highest BCUT2D eigenvalue weighted by atomic mass is 32.1. The molecule has 0 spiro atoms. The van der Waals surface area contributed by atoms with Gasteiger partial charge in [0.05, 0.1) is 6.61 Å². The smallest absolute Gasteiger partial charge is 0.270 e. The number of thiophene rings is 1. The van der Waals surface area contributed by atoms with Gasteiger partial charge in [0.25, 0.3) is 5.91 Å². The number of hydrogen-bond donors (Lipinski definition) is 1. The third kappa shape index (κ3) is 4.28. The second-order valence-electron chi connectivity index (χ2n) is 6.83. The van der Waals surface area contributed by atoms with Gasteiger partial charge in [-0.1, -0.05) is 0 Å². The molecule has 4 rings (SSSR count). The zero-order valence-electron chi connectivity index (χ0n) is 14.1. The van der Waals surface area contributed by atoms with Crippen LogP contribution in [0.1, 0.15) is 29.8 Å². The molecule has 5 nitrogen and oxygen atoms in total. The number of aromatic nitrogens is 1. The Bertz CT molecular complexity index is 687. The molecule has 0 aromatic carbocycles. The van der Waals surface area contributed by atoms with Gasteiger partial charge in [0.1, 0.15) is 10.7 Å². The Hall–Kier alpha value is -1.28. The summed E-state index contributed by atoms with van der Waals surface area (Å²) in [6.45, 7) is 5.07. The molecule has 2 aromatic heterocycles. The molecule has 1 atom stereocenters. The van der Waals surface area contributed by atoms with Crippen LogP contribution in [0.4, 0.5) is 0 Å². The standard InChI is InChI=1S/C18H23N3O2S2/c22-17(16-12-25-18(20-16)14-4-8-24-11-14)19-15-1-5-21(6-2-15)9-13-3-7-23-10-13/h4,8,11-13,15H,1-3,5-7,9-10H2,(H,19,22). The van der Waals surface area contributed by atoms with Crippen molar-refractivity contribution >= 4 is 28.6 Å². The first-order valence-corrected chi connectivity index (χ1v) is 10.7. The van der Waals surface area contributed by atoms with E-state index in [9.17, 15) is 4.79 Å². The number of amides is 1. The number of rotatable bonds is 5. The van der Waals surface area contributed by atoms with Crippen LogP contribution < -0.4 is 5.32 Å². The number of nitrogens with one attached hydrogen (secondary N) is 1. The monoisotopic (exact) mass is 377 g/mol. The van der Waals surface area contributed by atoms with Crippen molar-refractivity contribution in [1.82, 2.24) is 15.2 Å². The maximum absolute atomic E-state index is 12.5. The number of hydrogen-bond acceptors (Lipinski definition) is 6. The topological polar surface area (TPSA) is 54.5 Å². The van der Waals surface area contributed by atoms with E-state index in [0.29, 0.717) is 11.6 Å². The molecule has 2 aliphatic rings. The van der Waals surface area contributed by atoms with Gasteiger partial charge in [-0.05, 0) is 36.6 Å². The second kappa shape index (κ2) is 7.95. The van der Waals surface area contributed by atoms with Gasteiger partial charge in [-0.3, -0.25) is 4.79 Å². The van der Waals surface area contributed by atoms with Crippen LogP contribution in [0.15, 0.2) is 22.2 Å². The van der Waals surface area contributed by atoms with Crippen molar-refractivity contribution in [2.75, 3.05) is 32.8 Å². The maximum Gasteiger partial charge on any atom is 0.270 e. The van der Waals surface area contributed by atoms with Crippen LogP contribution in [0.5, 0.6) is 0 Å². The predicted molar refractivity (Wildman–Crippen MR) is 101 cm³/mol. The molecule has 0 bridgehead atoms. The van der Waals surface area contributed by atoms with Crippen LogP contribution in [0.2, 0.25) is 0 Å². The quantitative estimate of drug-likeness (QED) is 0.870. The lowest BCUT2D eigenvalue weighted by Gasteiger charge is -2.33. The van der Waals surface area contributed by atoms with E-state index < -0.39 is 0 Å². The number of carbonyl (C=O) groups is 1. The third-order valence-electron chi connectivity index (χ3n) is 4.97. The Balaban J connectivity index is 1.26. The van der Waals surface area contributed by atoms with Crippen LogP contribution in [-0.2, 0) is 4.74 Å². The molecule has 25 heavy (non-hydrogen) atoms. The van der Waals surface area contributed by atoms with Gasteiger partial charge in [-0.25, -0.2) is 4.98 Å². The van der Waals surface area contributed by atoms with E-state index in [2.05, 4.69) is 20.6 Å². The van der Waals surface area contributed by atoms with Gasteiger partial charge in [-0.15, -0.1) is 11.3 Å². The van der Waals surface area contributed by atoms with Crippen LogP contribution in [0.3, 0.4) is 0 Å². The van der Waals surface area contributed by atoms with Crippen molar-refractivity contribution in [1.29, 1.82) is 0 Å². The van der Waals surface area contributed by atoms with E-state index in [0.717, 1.165) is 56.3 Å². The second-order valence-corrected chi connectivity index (χ2v) is 8.47. The first-order valence-electron chi connectivity index (χ1n) is 8.87. The molecule has 1 N–H and O–H groups in total. The Morgan fingerprint density at radius 2 is 2.20 bits per heavy atom. The van der Waals surface area contributed by atoms with E-state index >= 15 is 0 Å². The molecule has 1 amide bonds. The van der Waals surface area contributed by atoms with Crippen molar-refractivity contribution in [3.63, 3.8) is 0 Å². The van der Waals surface area contributed by atoms with E-state index in [1.807, 2.05) is 16.8 Å². The van der Waals surface area contributed by atoms with Gasteiger partial charge >= 0.3 is 0 Å². The first kappa shape index (κ1) is 17.1. The van der Waals surface area contributed by atoms with E-state index in [-0.39, 0.29) is 11.9 Å². The van der Waals surface area contributed by atoms with Crippen molar-refractivity contribution in [2.24, 2.45) is 5.92 Å². The SMILES string of the molecule is O=C(NC1CCN(CC2CCOC2)CC1)c1csc(-c2ccsc2)n1. The van der Waals surface area contributed by atoms with Gasteiger partial charge < -0.3 is 15.0 Å². The number of ether oxygens (including phenoxy) is 1. The van der Waals surface area contributed by atoms with E-state index in [1.165, 1.54) is 17.8 Å². The van der Waals surface area contributed by atoms with Gasteiger partial charge in [-0.2, -0.15) is 11.3 Å². The Morgan fingerprint density at radius 3 is 2.92 bits per heavy atom. The highest BCUT2D eigenvalue weighted by Gasteiger charge is 2.25. The van der Waals surface area contributed by atoms with Crippen LogP contribution in [-0.4, -0.2) is 54.7 Å². The summed E-state index contributed by atoms with van der Waals surface area (Å²) in [5, 5.41) is 10.0. The molecule has 2 saturated heterocycles. The summed E-state index contributed by atoms with van der Waals surface area (Å²) in [7, 11) is 0. The van der Waals surface area contributed by atoms with Gasteiger partial charge in [0, 0.05) is 48.6 Å². The summed E-state index contributed by atoms with van der Waals surface area (Å²) in [5.41, 5.74) is 1.63. The Labute approximate surface area is 156 Å². The van der Waals surface area contributed by atoms with Crippen LogP contribution in [0, 0.1) is 5.92 Å². The lowest BCUT2D eigenvalue weighted by molar-refractivity contribution is 0.0899. The average Bonchev–Trinajstić information content (AvgIpc) is 3.38. The van der Waals surface area contributed by atoms with Gasteiger partial charge in [0.15, 0.2) is 0 Å². The zero-order chi connectivity index (χ0) is 17.1. The third-order valence-corrected chi connectivity index (χ3v) is 6.54. The average molecular weight is 378 g/mol. The van der Waals surface area contributed by atoms with Crippen molar-refractivity contribution in [3.8, 4) is 10.6 Å². The van der Waals surface area contributed by atoms with E-state index in [4.69, 9.17) is 4.74 Å². The minimum Gasteiger partial charge on any atom is -0.381 e. The largest absolute Gasteiger partial charge is 0.381 e. The summed E-state index contributed by atoms with van der Waals surface area (Å²) in [6.07, 6.45) is 3.22. The van der Waals surface area contributed by atoms with Gasteiger partial charge in [0.2, 0.25) is 0 Å². The predicted octanol–water partition coefficient (Wildman–Crippen LogP) is 3.10. The molecule has 134 valence electrons. The minimum atomic E-state index is -0.0413. The number of carbonyl (C=O) groups excluding carboxylic acids is 1. The normalized spacial score (nSPS) is 22.3. The number of piperidine rings is 1. The molecule has 0 aliphatic carbocycles.